The van der Waals surface area contributed by atoms with Gasteiger partial charge in [0, 0.05) is 41.3 Å². The number of nitrogens with zero attached hydrogens (tertiary/aromatic N) is 2. The molecular weight excluding hydrogens is 477 g/mol. The molecule has 4 rings (SSSR count). The van der Waals surface area contributed by atoms with Crippen LogP contribution < -0.4 is 5.32 Å². The lowest BCUT2D eigenvalue weighted by Gasteiger charge is -2.24. The van der Waals surface area contributed by atoms with Crippen molar-refractivity contribution in [3.05, 3.63) is 70.1 Å². The number of amides is 2. The van der Waals surface area contributed by atoms with Gasteiger partial charge < -0.3 is 19.9 Å². The number of ketones is 1. The maximum Gasteiger partial charge on any atom is 0.335 e. The second-order valence-electron chi connectivity index (χ2n) is 8.44. The Labute approximate surface area is 205 Å². The van der Waals surface area contributed by atoms with Crippen molar-refractivity contribution < 1.29 is 28.7 Å². The Bertz CT molecular complexity index is 1350. The molecule has 1 aliphatic rings. The Hall–Kier alpha value is -3.72. The first-order valence-electron chi connectivity index (χ1n) is 11.0. The van der Waals surface area contributed by atoms with Crippen LogP contribution in [0.25, 0.3) is 10.9 Å². The average Bonchev–Trinajstić information content (AvgIpc) is 3.45. The highest BCUT2D eigenvalue weighted by molar-refractivity contribution is 6.30. The van der Waals surface area contributed by atoms with E-state index in [4.69, 9.17) is 11.6 Å². The zero-order valence-corrected chi connectivity index (χ0v) is 19.6. The number of nitrogens with one attached hydrogen (secondary N) is 1. The standard InChI is InChI=1S/C25H23ClFN3O5/c1-14(31)18-12-29(20-8-7-15(25(34)35)10-17(18)20)13-22(32)30-9-3-6-21(30)24(33)28-11-16-4-2-5-19(26)23(16)27/h2,4-5,7-8,10,12,21H,3,6,9,11,13H2,1H3,(H,28,33)(H,34,35). The molecule has 0 radical (unpaired) electrons. The largest absolute Gasteiger partial charge is 0.478 e. The topological polar surface area (TPSA) is 109 Å². The van der Waals surface area contributed by atoms with Crippen LogP contribution in [0.15, 0.2) is 42.6 Å². The molecule has 1 saturated heterocycles. The number of hydrogen-bond acceptors (Lipinski definition) is 4. The summed E-state index contributed by atoms with van der Waals surface area (Å²) in [6.45, 7) is 1.59. The molecule has 1 unspecified atom stereocenters. The predicted molar refractivity (Wildman–Crippen MR) is 127 cm³/mol. The van der Waals surface area contributed by atoms with Gasteiger partial charge in [-0.2, -0.15) is 0 Å². The van der Waals surface area contributed by atoms with E-state index < -0.39 is 17.8 Å². The van der Waals surface area contributed by atoms with Crippen molar-refractivity contribution in [1.29, 1.82) is 0 Å². The van der Waals surface area contributed by atoms with Gasteiger partial charge in [-0.25, -0.2) is 9.18 Å². The summed E-state index contributed by atoms with van der Waals surface area (Å²) >= 11 is 5.79. The third kappa shape index (κ3) is 4.90. The molecule has 2 heterocycles. The Morgan fingerprint density at radius 1 is 1.20 bits per heavy atom. The van der Waals surface area contributed by atoms with Crippen molar-refractivity contribution in [3.63, 3.8) is 0 Å². The number of Topliss-reactive ketones (excluding diaryl/α,β-unsaturated/α-hetero) is 1. The molecule has 182 valence electrons. The molecule has 1 fully saturated rings. The van der Waals surface area contributed by atoms with Crippen molar-refractivity contribution in [2.45, 2.75) is 38.9 Å². The van der Waals surface area contributed by atoms with Crippen LogP contribution in [0.5, 0.6) is 0 Å². The van der Waals surface area contributed by atoms with Crippen LogP contribution in [-0.2, 0) is 22.7 Å². The van der Waals surface area contributed by atoms with Gasteiger partial charge in [0.2, 0.25) is 11.8 Å². The van der Waals surface area contributed by atoms with Gasteiger partial charge in [0.05, 0.1) is 10.6 Å². The van der Waals surface area contributed by atoms with Gasteiger partial charge in [0.15, 0.2) is 5.78 Å². The Morgan fingerprint density at radius 2 is 1.97 bits per heavy atom. The lowest BCUT2D eigenvalue weighted by molar-refractivity contribution is -0.138. The Kier molecular flexibility index (Phi) is 6.88. The minimum atomic E-state index is -1.12. The summed E-state index contributed by atoms with van der Waals surface area (Å²) in [5.74, 6) is -2.67. The highest BCUT2D eigenvalue weighted by Crippen LogP contribution is 2.25. The number of likely N-dealkylation sites (tertiary alicyclic amines) is 1. The van der Waals surface area contributed by atoms with Crippen LogP contribution in [0.3, 0.4) is 0 Å². The first kappa shape index (κ1) is 24.4. The Balaban J connectivity index is 1.51. The number of carboxylic acid groups (broad SMARTS) is 1. The maximum absolute atomic E-state index is 14.1. The number of carbonyl (C=O) groups excluding carboxylic acids is 3. The molecule has 0 spiro atoms. The number of aromatic nitrogens is 1. The van der Waals surface area contributed by atoms with Crippen molar-refractivity contribution in [1.82, 2.24) is 14.8 Å². The second kappa shape index (κ2) is 9.87. The van der Waals surface area contributed by atoms with E-state index in [0.29, 0.717) is 35.9 Å². The lowest BCUT2D eigenvalue weighted by Crippen LogP contribution is -2.46. The van der Waals surface area contributed by atoms with Crippen molar-refractivity contribution in [3.8, 4) is 0 Å². The fourth-order valence-corrected chi connectivity index (χ4v) is 4.60. The van der Waals surface area contributed by atoms with Crippen molar-refractivity contribution >= 4 is 46.1 Å². The zero-order chi connectivity index (χ0) is 25.3. The third-order valence-electron chi connectivity index (χ3n) is 6.17. The molecule has 0 aliphatic carbocycles. The molecule has 35 heavy (non-hydrogen) atoms. The van der Waals surface area contributed by atoms with Crippen LogP contribution in [0, 0.1) is 5.82 Å². The maximum atomic E-state index is 14.1. The van der Waals surface area contributed by atoms with Gasteiger partial charge in [0.25, 0.3) is 0 Å². The summed E-state index contributed by atoms with van der Waals surface area (Å²) in [6.07, 6.45) is 2.65. The number of benzene rings is 2. The summed E-state index contributed by atoms with van der Waals surface area (Å²) in [7, 11) is 0. The summed E-state index contributed by atoms with van der Waals surface area (Å²) in [6, 6.07) is 8.23. The minimum absolute atomic E-state index is 0.0335. The number of aromatic carboxylic acids is 1. The molecule has 1 aromatic heterocycles. The van der Waals surface area contributed by atoms with E-state index in [1.807, 2.05) is 0 Å². The molecule has 2 N–H and O–H groups in total. The highest BCUT2D eigenvalue weighted by atomic mass is 35.5. The van der Waals surface area contributed by atoms with Crippen molar-refractivity contribution in [2.24, 2.45) is 0 Å². The van der Waals surface area contributed by atoms with E-state index in [9.17, 15) is 28.7 Å². The number of halogens is 2. The van der Waals surface area contributed by atoms with E-state index in [2.05, 4.69) is 5.32 Å². The van der Waals surface area contributed by atoms with E-state index in [0.717, 1.165) is 0 Å². The summed E-state index contributed by atoms with van der Waals surface area (Å²) < 4.78 is 15.7. The number of rotatable bonds is 7. The molecule has 2 amide bonds. The third-order valence-corrected chi connectivity index (χ3v) is 6.47. The molecule has 1 aliphatic heterocycles. The molecule has 10 heteroatoms. The average molecular weight is 500 g/mol. The number of hydrogen-bond donors (Lipinski definition) is 2. The van der Waals surface area contributed by atoms with Gasteiger partial charge in [-0.3, -0.25) is 14.4 Å². The summed E-state index contributed by atoms with van der Waals surface area (Å²) in [4.78, 5) is 50.9. The molecule has 8 nitrogen and oxygen atoms in total. The van der Waals surface area contributed by atoms with Gasteiger partial charge in [-0.1, -0.05) is 23.7 Å². The van der Waals surface area contributed by atoms with Gasteiger partial charge in [-0.15, -0.1) is 0 Å². The summed E-state index contributed by atoms with van der Waals surface area (Å²) in [5, 5.41) is 12.4. The fraction of sp³-hybridized carbons (Fsp3) is 0.280. The number of carbonyl (C=O) groups is 4. The van der Waals surface area contributed by atoms with Crippen LogP contribution >= 0.6 is 11.6 Å². The smallest absolute Gasteiger partial charge is 0.335 e. The molecule has 2 aromatic carbocycles. The molecule has 3 aromatic rings. The van der Waals surface area contributed by atoms with Crippen molar-refractivity contribution in [2.75, 3.05) is 6.54 Å². The lowest BCUT2D eigenvalue weighted by atomic mass is 10.1. The van der Waals surface area contributed by atoms with E-state index in [1.54, 1.807) is 16.7 Å². The molecule has 0 saturated carbocycles. The molecule has 0 bridgehead atoms. The van der Waals surface area contributed by atoms with Crippen LogP contribution in [-0.4, -0.2) is 50.7 Å². The Morgan fingerprint density at radius 3 is 2.69 bits per heavy atom. The first-order valence-corrected chi connectivity index (χ1v) is 11.4. The van der Waals surface area contributed by atoms with Crippen LogP contribution in [0.1, 0.15) is 46.0 Å². The number of carboxylic acids is 1. The van der Waals surface area contributed by atoms with Gasteiger partial charge >= 0.3 is 5.97 Å². The fourth-order valence-electron chi connectivity index (χ4n) is 4.40. The minimum Gasteiger partial charge on any atom is -0.478 e. The quantitative estimate of drug-likeness (QED) is 0.482. The molecular formula is C25H23ClFN3O5. The van der Waals surface area contributed by atoms with E-state index >= 15 is 0 Å². The normalized spacial score (nSPS) is 15.4. The zero-order valence-electron chi connectivity index (χ0n) is 18.9. The van der Waals surface area contributed by atoms with Gasteiger partial charge in [0.1, 0.15) is 18.4 Å². The van der Waals surface area contributed by atoms with Crippen LogP contribution in [0.4, 0.5) is 4.39 Å². The number of fused-ring (bicyclic) bond motifs is 1. The second-order valence-corrected chi connectivity index (χ2v) is 8.85. The predicted octanol–water partition coefficient (Wildman–Crippen LogP) is 3.64. The highest BCUT2D eigenvalue weighted by Gasteiger charge is 2.34. The monoisotopic (exact) mass is 499 g/mol. The SMILES string of the molecule is CC(=O)c1cn(CC(=O)N2CCCC2C(=O)NCc2cccc(Cl)c2F)c2ccc(C(=O)O)cc12. The summed E-state index contributed by atoms with van der Waals surface area (Å²) in [5.41, 5.74) is 1.15. The van der Waals surface area contributed by atoms with Crippen LogP contribution in [0.2, 0.25) is 5.02 Å². The first-order chi connectivity index (χ1) is 16.7. The molecule has 1 atom stereocenters. The van der Waals surface area contributed by atoms with Gasteiger partial charge in [-0.05, 0) is 44.0 Å². The van der Waals surface area contributed by atoms with E-state index in [-0.39, 0.29) is 46.8 Å². The van der Waals surface area contributed by atoms with E-state index in [1.165, 1.54) is 42.3 Å².